The van der Waals surface area contributed by atoms with E-state index in [-0.39, 0.29) is 6.79 Å². The number of cyclic esters (lactones) is 2. The first-order valence-corrected chi connectivity index (χ1v) is 6.01. The highest BCUT2D eigenvalue weighted by Gasteiger charge is 2.46. The van der Waals surface area contributed by atoms with Gasteiger partial charge in [0.15, 0.2) is 5.41 Å². The van der Waals surface area contributed by atoms with Crippen molar-refractivity contribution in [1.29, 1.82) is 0 Å². The van der Waals surface area contributed by atoms with Crippen LogP contribution in [0.1, 0.15) is 25.3 Å². The molecule has 2 rings (SSSR count). The van der Waals surface area contributed by atoms with Crippen molar-refractivity contribution in [2.24, 2.45) is 5.41 Å². The van der Waals surface area contributed by atoms with Gasteiger partial charge in [-0.1, -0.05) is 30.3 Å². The average Bonchev–Trinajstić information content (AvgIpc) is 2.38. The molecule has 0 spiro atoms. The van der Waals surface area contributed by atoms with Gasteiger partial charge in [-0.05, 0) is 31.7 Å². The van der Waals surface area contributed by atoms with Crippen LogP contribution in [0.3, 0.4) is 0 Å². The van der Waals surface area contributed by atoms with Gasteiger partial charge in [-0.3, -0.25) is 9.59 Å². The maximum atomic E-state index is 11.6. The van der Waals surface area contributed by atoms with Crippen LogP contribution in [-0.2, 0) is 25.5 Å². The predicted octanol–water partition coefficient (Wildman–Crippen LogP) is 2.07. The van der Waals surface area contributed by atoms with Gasteiger partial charge in [-0.15, -0.1) is 0 Å². The van der Waals surface area contributed by atoms with E-state index in [0.717, 1.165) is 12.8 Å². The van der Waals surface area contributed by atoms with Crippen molar-refractivity contribution < 1.29 is 19.1 Å². The Morgan fingerprint density at radius 2 is 1.72 bits per heavy atom. The van der Waals surface area contributed by atoms with Crippen LogP contribution < -0.4 is 0 Å². The third-order valence-corrected chi connectivity index (χ3v) is 3.27. The van der Waals surface area contributed by atoms with Gasteiger partial charge in [0.05, 0.1) is 0 Å². The molecule has 1 saturated heterocycles. The molecule has 96 valence electrons. The number of aryl methyl sites for hydroxylation is 1. The van der Waals surface area contributed by atoms with Gasteiger partial charge in [-0.2, -0.15) is 0 Å². The Balaban J connectivity index is 1.92. The summed E-state index contributed by atoms with van der Waals surface area (Å²) in [7, 11) is 0. The molecule has 1 aliphatic heterocycles. The SMILES string of the molecule is CC1(CCCc2ccccc2)C(=O)OCOC1=O. The molecule has 1 aliphatic rings. The van der Waals surface area contributed by atoms with Gasteiger partial charge < -0.3 is 9.47 Å². The summed E-state index contributed by atoms with van der Waals surface area (Å²) in [5.41, 5.74) is 0.0474. The van der Waals surface area contributed by atoms with E-state index in [1.54, 1.807) is 6.92 Å². The minimum Gasteiger partial charge on any atom is -0.427 e. The van der Waals surface area contributed by atoms with E-state index in [1.807, 2.05) is 30.3 Å². The van der Waals surface area contributed by atoms with Crippen LogP contribution in [0.4, 0.5) is 0 Å². The molecule has 0 unspecified atom stereocenters. The molecular weight excluding hydrogens is 232 g/mol. The lowest BCUT2D eigenvalue weighted by molar-refractivity contribution is -0.200. The fraction of sp³-hybridized carbons (Fsp3) is 0.429. The minimum absolute atomic E-state index is 0.258. The van der Waals surface area contributed by atoms with Crippen LogP contribution in [0.25, 0.3) is 0 Å². The molecule has 4 heteroatoms. The monoisotopic (exact) mass is 248 g/mol. The summed E-state index contributed by atoms with van der Waals surface area (Å²) in [5, 5.41) is 0. The summed E-state index contributed by atoms with van der Waals surface area (Å²) in [5.74, 6) is -0.960. The Labute approximate surface area is 106 Å². The average molecular weight is 248 g/mol. The molecule has 0 atom stereocenters. The molecule has 0 saturated carbocycles. The van der Waals surface area contributed by atoms with Crippen molar-refractivity contribution in [2.75, 3.05) is 6.79 Å². The summed E-state index contributed by atoms with van der Waals surface area (Å²) < 4.78 is 9.57. The zero-order valence-electron chi connectivity index (χ0n) is 10.3. The number of hydrogen-bond donors (Lipinski definition) is 0. The lowest BCUT2D eigenvalue weighted by Gasteiger charge is -2.29. The molecular formula is C14H16O4. The number of benzene rings is 1. The van der Waals surface area contributed by atoms with E-state index in [1.165, 1.54) is 5.56 Å². The predicted molar refractivity (Wildman–Crippen MR) is 64.5 cm³/mol. The maximum absolute atomic E-state index is 11.6. The third-order valence-electron chi connectivity index (χ3n) is 3.27. The lowest BCUT2D eigenvalue weighted by Crippen LogP contribution is -2.44. The summed E-state index contributed by atoms with van der Waals surface area (Å²) in [6, 6.07) is 9.96. The first-order chi connectivity index (χ1) is 8.63. The number of esters is 2. The van der Waals surface area contributed by atoms with Crippen molar-refractivity contribution in [3.8, 4) is 0 Å². The standard InChI is InChI=1S/C14H16O4/c1-14(12(15)17-10-18-13(14)16)9-5-8-11-6-3-2-4-7-11/h2-4,6-7H,5,8-10H2,1H3. The van der Waals surface area contributed by atoms with Crippen molar-refractivity contribution in [3.63, 3.8) is 0 Å². The molecule has 0 N–H and O–H groups in total. The fourth-order valence-corrected chi connectivity index (χ4v) is 2.03. The van der Waals surface area contributed by atoms with Crippen LogP contribution >= 0.6 is 0 Å². The van der Waals surface area contributed by atoms with Crippen LogP contribution in [0.15, 0.2) is 30.3 Å². The van der Waals surface area contributed by atoms with Gasteiger partial charge in [0, 0.05) is 0 Å². The molecule has 0 aromatic heterocycles. The van der Waals surface area contributed by atoms with Crippen molar-refractivity contribution in [2.45, 2.75) is 26.2 Å². The molecule has 0 bridgehead atoms. The Morgan fingerprint density at radius 3 is 2.33 bits per heavy atom. The van der Waals surface area contributed by atoms with Crippen molar-refractivity contribution >= 4 is 11.9 Å². The van der Waals surface area contributed by atoms with Crippen LogP contribution in [0.2, 0.25) is 0 Å². The quantitative estimate of drug-likeness (QED) is 0.604. The summed E-state index contributed by atoms with van der Waals surface area (Å²) in [6.07, 6.45) is 2.02. The Bertz CT molecular complexity index is 422. The molecule has 18 heavy (non-hydrogen) atoms. The maximum Gasteiger partial charge on any atom is 0.326 e. The first kappa shape index (κ1) is 12.6. The van der Waals surface area contributed by atoms with E-state index in [4.69, 9.17) is 9.47 Å². The zero-order chi connectivity index (χ0) is 13.0. The van der Waals surface area contributed by atoms with E-state index in [2.05, 4.69) is 0 Å². The van der Waals surface area contributed by atoms with Crippen LogP contribution in [0, 0.1) is 5.41 Å². The second kappa shape index (κ2) is 5.21. The molecule has 0 aliphatic carbocycles. The Hall–Kier alpha value is -1.84. The molecule has 1 aromatic rings. The Kier molecular flexibility index (Phi) is 3.65. The molecule has 1 fully saturated rings. The van der Waals surface area contributed by atoms with Crippen molar-refractivity contribution in [3.05, 3.63) is 35.9 Å². The van der Waals surface area contributed by atoms with Crippen molar-refractivity contribution in [1.82, 2.24) is 0 Å². The van der Waals surface area contributed by atoms with Gasteiger partial charge in [0.1, 0.15) is 0 Å². The minimum atomic E-state index is -1.15. The molecule has 0 amide bonds. The highest BCUT2D eigenvalue weighted by Crippen LogP contribution is 2.30. The number of rotatable bonds is 4. The molecule has 1 heterocycles. The second-order valence-corrected chi connectivity index (χ2v) is 4.65. The molecule has 4 nitrogen and oxygen atoms in total. The number of carbonyl (C=O) groups excluding carboxylic acids is 2. The zero-order valence-corrected chi connectivity index (χ0v) is 10.3. The number of hydrogen-bond acceptors (Lipinski definition) is 4. The normalized spacial score (nSPS) is 18.1. The topological polar surface area (TPSA) is 52.6 Å². The first-order valence-electron chi connectivity index (χ1n) is 6.01. The van der Waals surface area contributed by atoms with Gasteiger partial charge in [-0.25, -0.2) is 0 Å². The van der Waals surface area contributed by atoms with E-state index in [9.17, 15) is 9.59 Å². The van der Waals surface area contributed by atoms with Crippen LogP contribution in [0.5, 0.6) is 0 Å². The smallest absolute Gasteiger partial charge is 0.326 e. The highest BCUT2D eigenvalue weighted by molar-refractivity contribution is 6.00. The third kappa shape index (κ3) is 2.53. The van der Waals surface area contributed by atoms with E-state index in [0.29, 0.717) is 6.42 Å². The van der Waals surface area contributed by atoms with Gasteiger partial charge in [0.2, 0.25) is 6.79 Å². The fourth-order valence-electron chi connectivity index (χ4n) is 2.03. The number of ether oxygens (including phenoxy) is 2. The van der Waals surface area contributed by atoms with E-state index < -0.39 is 17.4 Å². The largest absolute Gasteiger partial charge is 0.427 e. The van der Waals surface area contributed by atoms with Crippen LogP contribution in [-0.4, -0.2) is 18.7 Å². The molecule has 1 aromatic carbocycles. The summed E-state index contributed by atoms with van der Waals surface area (Å²) in [6.45, 7) is 1.33. The van der Waals surface area contributed by atoms with E-state index >= 15 is 0 Å². The lowest BCUT2D eigenvalue weighted by atomic mass is 9.84. The highest BCUT2D eigenvalue weighted by atomic mass is 16.7. The Morgan fingerprint density at radius 1 is 1.11 bits per heavy atom. The number of carbonyl (C=O) groups is 2. The van der Waals surface area contributed by atoms with Gasteiger partial charge in [0.25, 0.3) is 0 Å². The summed E-state index contributed by atoms with van der Waals surface area (Å²) >= 11 is 0. The van der Waals surface area contributed by atoms with Gasteiger partial charge >= 0.3 is 11.9 Å². The molecule has 0 radical (unpaired) electrons. The summed E-state index contributed by atoms with van der Waals surface area (Å²) in [4.78, 5) is 23.3. The second-order valence-electron chi connectivity index (χ2n) is 4.65.